The molecule has 1 amide bonds. The van der Waals surface area contributed by atoms with Crippen molar-refractivity contribution in [3.8, 4) is 0 Å². The van der Waals surface area contributed by atoms with Gasteiger partial charge in [-0.25, -0.2) is 4.39 Å². The number of carboxylic acids is 1. The van der Waals surface area contributed by atoms with Crippen LogP contribution in [0.3, 0.4) is 0 Å². The fourth-order valence-electron chi connectivity index (χ4n) is 2.06. The Morgan fingerprint density at radius 3 is 2.33 bits per heavy atom. The fraction of sp³-hybridized carbons (Fsp3) is 0.118. The normalized spacial score (nSPS) is 11.1. The highest BCUT2D eigenvalue weighted by Gasteiger charge is 2.10. The van der Waals surface area contributed by atoms with Crippen LogP contribution in [0.2, 0.25) is 0 Å². The molecule has 0 atom stereocenters. The van der Waals surface area contributed by atoms with E-state index in [0.717, 1.165) is 6.07 Å². The molecule has 0 unspecified atom stereocenters. The van der Waals surface area contributed by atoms with E-state index in [0.29, 0.717) is 11.3 Å². The number of halogens is 1. The molecular formula is C17H15FN2O4. The number of hydrogen-bond donors (Lipinski definition) is 3. The van der Waals surface area contributed by atoms with Gasteiger partial charge in [-0.15, -0.1) is 0 Å². The Bertz CT molecular complexity index is 772. The molecule has 3 N–H and O–H groups in total. The number of rotatable bonds is 6. The summed E-state index contributed by atoms with van der Waals surface area (Å²) in [5.41, 5.74) is 1.45. The van der Waals surface area contributed by atoms with Gasteiger partial charge in [-0.1, -0.05) is 23.4 Å². The molecule has 0 aliphatic carbocycles. The maximum Gasteiger partial charge on any atom is 0.303 e. The van der Waals surface area contributed by atoms with Crippen LogP contribution in [-0.2, 0) is 4.79 Å². The molecule has 6 nitrogen and oxygen atoms in total. The third kappa shape index (κ3) is 4.64. The molecule has 2 rings (SSSR count). The first-order valence-corrected chi connectivity index (χ1v) is 7.09. The van der Waals surface area contributed by atoms with Crippen molar-refractivity contribution in [1.82, 2.24) is 0 Å². The number of nitrogens with one attached hydrogen (secondary N) is 1. The zero-order chi connectivity index (χ0) is 17.5. The molecular weight excluding hydrogens is 315 g/mol. The monoisotopic (exact) mass is 330 g/mol. The first-order chi connectivity index (χ1) is 11.5. The second-order valence-electron chi connectivity index (χ2n) is 4.98. The highest BCUT2D eigenvalue weighted by molar-refractivity contribution is 6.05. The maximum absolute atomic E-state index is 13.1. The second kappa shape index (κ2) is 7.87. The van der Waals surface area contributed by atoms with Crippen LogP contribution in [0.1, 0.15) is 28.8 Å². The Labute approximate surface area is 137 Å². The highest BCUT2D eigenvalue weighted by atomic mass is 19.1. The molecule has 0 aliphatic heterocycles. The number of carboxylic acid groups (broad SMARTS) is 1. The summed E-state index contributed by atoms with van der Waals surface area (Å²) in [4.78, 5) is 22.6. The Morgan fingerprint density at radius 2 is 1.75 bits per heavy atom. The summed E-state index contributed by atoms with van der Waals surface area (Å²) in [6.07, 6.45) is -0.0711. The number of oxime groups is 1. The van der Waals surface area contributed by atoms with Crippen LogP contribution >= 0.6 is 0 Å². The molecule has 124 valence electrons. The smallest absolute Gasteiger partial charge is 0.303 e. The van der Waals surface area contributed by atoms with Crippen LogP contribution < -0.4 is 5.32 Å². The number of carbonyl (C=O) groups is 2. The van der Waals surface area contributed by atoms with E-state index in [-0.39, 0.29) is 24.1 Å². The molecule has 0 aromatic heterocycles. The summed E-state index contributed by atoms with van der Waals surface area (Å²) in [5, 5.41) is 23.4. The van der Waals surface area contributed by atoms with Crippen LogP contribution in [0, 0.1) is 5.82 Å². The summed E-state index contributed by atoms with van der Waals surface area (Å²) in [6.45, 7) is 0. The number of hydrogen-bond acceptors (Lipinski definition) is 4. The molecule has 0 aliphatic rings. The second-order valence-corrected chi connectivity index (χ2v) is 4.98. The van der Waals surface area contributed by atoms with E-state index >= 15 is 0 Å². The van der Waals surface area contributed by atoms with Gasteiger partial charge in [0.2, 0.25) is 0 Å². The minimum absolute atomic E-state index is 0.0842. The molecule has 7 heteroatoms. The van der Waals surface area contributed by atoms with E-state index in [1.807, 2.05) is 0 Å². The van der Waals surface area contributed by atoms with Gasteiger partial charge in [0.25, 0.3) is 5.91 Å². The van der Waals surface area contributed by atoms with Gasteiger partial charge in [0, 0.05) is 17.7 Å². The number of benzene rings is 2. The predicted octanol–water partition coefficient (Wildman–Crippen LogP) is 3.12. The largest absolute Gasteiger partial charge is 0.481 e. The first kappa shape index (κ1) is 17.1. The van der Waals surface area contributed by atoms with Gasteiger partial charge in [0.1, 0.15) is 5.82 Å². The van der Waals surface area contributed by atoms with Crippen molar-refractivity contribution in [3.63, 3.8) is 0 Å². The molecule has 0 radical (unpaired) electrons. The molecule has 0 saturated carbocycles. The van der Waals surface area contributed by atoms with Gasteiger partial charge in [-0.3, -0.25) is 9.59 Å². The Morgan fingerprint density at radius 1 is 1.04 bits per heavy atom. The quantitative estimate of drug-likeness (QED) is 0.430. The van der Waals surface area contributed by atoms with E-state index in [1.54, 1.807) is 24.3 Å². The van der Waals surface area contributed by atoms with Crippen molar-refractivity contribution in [3.05, 3.63) is 65.5 Å². The van der Waals surface area contributed by atoms with E-state index in [1.165, 1.54) is 18.2 Å². The lowest BCUT2D eigenvalue weighted by Crippen LogP contribution is -2.12. The van der Waals surface area contributed by atoms with E-state index in [9.17, 15) is 14.0 Å². The average molecular weight is 330 g/mol. The zero-order valence-electron chi connectivity index (χ0n) is 12.6. The zero-order valence-corrected chi connectivity index (χ0v) is 12.6. The summed E-state index contributed by atoms with van der Waals surface area (Å²) >= 11 is 0. The topological polar surface area (TPSA) is 99.0 Å². The molecule has 0 bridgehead atoms. The molecule has 0 heterocycles. The molecule has 0 saturated heterocycles. The molecule has 0 fully saturated rings. The van der Waals surface area contributed by atoms with E-state index in [4.69, 9.17) is 10.3 Å². The fourth-order valence-corrected chi connectivity index (χ4v) is 2.06. The van der Waals surface area contributed by atoms with Gasteiger partial charge in [-0.05, 0) is 35.9 Å². The number of anilines is 1. The number of nitrogens with zero attached hydrogens (tertiary/aromatic N) is 1. The lowest BCUT2D eigenvalue weighted by atomic mass is 10.1. The summed E-state index contributed by atoms with van der Waals surface area (Å²) in [7, 11) is 0. The van der Waals surface area contributed by atoms with Gasteiger partial charge in [0.05, 0.1) is 12.1 Å². The van der Waals surface area contributed by atoms with Crippen molar-refractivity contribution >= 4 is 23.3 Å². The van der Waals surface area contributed by atoms with Crippen LogP contribution in [0.4, 0.5) is 10.1 Å². The molecule has 0 spiro atoms. The van der Waals surface area contributed by atoms with Crippen LogP contribution in [-0.4, -0.2) is 27.9 Å². The van der Waals surface area contributed by atoms with Gasteiger partial charge in [0.15, 0.2) is 0 Å². The minimum Gasteiger partial charge on any atom is -0.481 e. The van der Waals surface area contributed by atoms with E-state index < -0.39 is 17.7 Å². The Kier molecular flexibility index (Phi) is 5.62. The van der Waals surface area contributed by atoms with Gasteiger partial charge >= 0.3 is 5.97 Å². The third-order valence-electron chi connectivity index (χ3n) is 3.26. The molecule has 24 heavy (non-hydrogen) atoms. The van der Waals surface area contributed by atoms with E-state index in [2.05, 4.69) is 10.5 Å². The van der Waals surface area contributed by atoms with Gasteiger partial charge in [-0.2, -0.15) is 0 Å². The first-order valence-electron chi connectivity index (χ1n) is 7.09. The maximum atomic E-state index is 13.1. The average Bonchev–Trinajstić information content (AvgIpc) is 2.56. The summed E-state index contributed by atoms with van der Waals surface area (Å²) < 4.78 is 13.1. The summed E-state index contributed by atoms with van der Waals surface area (Å²) in [6, 6.07) is 11.7. The van der Waals surface area contributed by atoms with Crippen LogP contribution in [0.25, 0.3) is 0 Å². The van der Waals surface area contributed by atoms with Crippen molar-refractivity contribution in [2.45, 2.75) is 12.8 Å². The van der Waals surface area contributed by atoms with Crippen molar-refractivity contribution in [2.24, 2.45) is 5.16 Å². The SMILES string of the molecule is O=C(O)CC/C(=N\O)c1ccc(NC(=O)c2cccc(F)c2)cc1. The minimum atomic E-state index is -0.991. The highest BCUT2D eigenvalue weighted by Crippen LogP contribution is 2.14. The molecule has 2 aromatic rings. The number of aliphatic carboxylic acids is 1. The third-order valence-corrected chi connectivity index (χ3v) is 3.26. The lowest BCUT2D eigenvalue weighted by molar-refractivity contribution is -0.136. The van der Waals surface area contributed by atoms with Crippen molar-refractivity contribution < 1.29 is 24.3 Å². The Balaban J connectivity index is 2.06. The van der Waals surface area contributed by atoms with Crippen molar-refractivity contribution in [1.29, 1.82) is 0 Å². The summed E-state index contributed by atoms with van der Waals surface area (Å²) in [5.74, 6) is -1.94. The van der Waals surface area contributed by atoms with Crippen LogP contribution in [0.5, 0.6) is 0 Å². The standard InChI is InChI=1S/C17H15FN2O4/c18-13-3-1-2-12(10-13)17(23)19-14-6-4-11(5-7-14)15(20-24)8-9-16(21)22/h1-7,10,24H,8-9H2,(H,19,23)(H,21,22)/b20-15+. The predicted molar refractivity (Wildman–Crippen MR) is 86.0 cm³/mol. The van der Waals surface area contributed by atoms with Crippen molar-refractivity contribution in [2.75, 3.05) is 5.32 Å². The van der Waals surface area contributed by atoms with Gasteiger partial charge < -0.3 is 15.6 Å². The van der Waals surface area contributed by atoms with Crippen LogP contribution in [0.15, 0.2) is 53.7 Å². The molecule has 2 aromatic carbocycles. The lowest BCUT2D eigenvalue weighted by Gasteiger charge is -2.07. The Hall–Kier alpha value is -3.22. The number of carbonyl (C=O) groups excluding carboxylic acids is 1. The number of amides is 1.